The van der Waals surface area contributed by atoms with E-state index in [0.29, 0.717) is 37.0 Å². The molecule has 166 valence electrons. The number of nitrogens with zero attached hydrogens (tertiary/aromatic N) is 1. The van der Waals surface area contributed by atoms with Gasteiger partial charge in [0, 0.05) is 25.1 Å². The topological polar surface area (TPSA) is 67.9 Å². The highest BCUT2D eigenvalue weighted by Gasteiger charge is 2.24. The number of methoxy groups -OCH3 is 1. The van der Waals surface area contributed by atoms with E-state index in [1.807, 2.05) is 60.4 Å². The van der Waals surface area contributed by atoms with Crippen LogP contribution in [0.15, 0.2) is 48.5 Å². The molecule has 6 heteroatoms. The van der Waals surface area contributed by atoms with Crippen LogP contribution in [0.4, 0.5) is 0 Å². The predicted octanol–water partition coefficient (Wildman–Crippen LogP) is 3.83. The molecule has 1 N–H and O–H groups in total. The van der Waals surface area contributed by atoms with Crippen molar-refractivity contribution >= 4 is 11.8 Å². The number of likely N-dealkylation sites (tertiary alicyclic amines) is 1. The van der Waals surface area contributed by atoms with Gasteiger partial charge >= 0.3 is 0 Å². The molecule has 0 aromatic heterocycles. The van der Waals surface area contributed by atoms with Crippen LogP contribution in [0.2, 0.25) is 0 Å². The van der Waals surface area contributed by atoms with E-state index in [0.717, 1.165) is 43.5 Å². The van der Waals surface area contributed by atoms with Gasteiger partial charge in [0.1, 0.15) is 6.61 Å². The van der Waals surface area contributed by atoms with Crippen LogP contribution >= 0.6 is 0 Å². The predicted molar refractivity (Wildman–Crippen MR) is 121 cm³/mol. The summed E-state index contributed by atoms with van der Waals surface area (Å²) in [6.45, 7) is 4.38. The largest absolute Gasteiger partial charge is 0.493 e. The zero-order chi connectivity index (χ0) is 22.1. The minimum absolute atomic E-state index is 0.0433. The summed E-state index contributed by atoms with van der Waals surface area (Å²) < 4.78 is 10.9. The Morgan fingerprint density at radius 1 is 1.03 bits per heavy atom. The molecule has 0 spiro atoms. The number of benzene rings is 2. The molecule has 0 aliphatic carbocycles. The number of carbonyl (C=O) groups excluding carboxylic acids is 2. The molecule has 31 heavy (non-hydrogen) atoms. The number of aryl methyl sites for hydroxylation is 1. The second-order valence-corrected chi connectivity index (χ2v) is 7.99. The molecule has 6 nitrogen and oxygen atoms in total. The summed E-state index contributed by atoms with van der Waals surface area (Å²) in [6.07, 6.45) is 3.25. The van der Waals surface area contributed by atoms with E-state index in [4.69, 9.17) is 9.47 Å². The number of nitrogens with one attached hydrogen (secondary N) is 1. The standard InChI is InChI=1S/C25H32N2O4/c1-19-7-10-21(11-8-19)25(29)27-16-13-20(14-17-27)9-12-24(28)26-15-18-31-23-6-4-3-5-22(23)30-2/h3-8,10-11,20H,9,12-18H2,1-2H3,(H,26,28). The lowest BCUT2D eigenvalue weighted by molar-refractivity contribution is -0.121. The van der Waals surface area contributed by atoms with Gasteiger partial charge in [-0.1, -0.05) is 29.8 Å². The van der Waals surface area contributed by atoms with Crippen molar-refractivity contribution in [3.63, 3.8) is 0 Å². The van der Waals surface area contributed by atoms with Crippen molar-refractivity contribution in [2.24, 2.45) is 5.92 Å². The second-order valence-electron chi connectivity index (χ2n) is 7.99. The second kappa shape index (κ2) is 11.4. The molecule has 3 rings (SSSR count). The molecule has 1 aliphatic heterocycles. The first-order valence-corrected chi connectivity index (χ1v) is 11.0. The quantitative estimate of drug-likeness (QED) is 0.621. The monoisotopic (exact) mass is 424 g/mol. The highest BCUT2D eigenvalue weighted by molar-refractivity contribution is 5.94. The molecule has 0 bridgehead atoms. The van der Waals surface area contributed by atoms with E-state index >= 15 is 0 Å². The fraction of sp³-hybridized carbons (Fsp3) is 0.440. The zero-order valence-electron chi connectivity index (χ0n) is 18.4. The van der Waals surface area contributed by atoms with Gasteiger partial charge in [-0.2, -0.15) is 0 Å². The molecule has 2 aromatic carbocycles. The minimum Gasteiger partial charge on any atom is -0.493 e. The Bertz CT molecular complexity index is 858. The van der Waals surface area contributed by atoms with Crippen LogP contribution in [0.3, 0.4) is 0 Å². The maximum Gasteiger partial charge on any atom is 0.253 e. The van der Waals surface area contributed by atoms with Crippen molar-refractivity contribution < 1.29 is 19.1 Å². The number of carbonyl (C=O) groups is 2. The van der Waals surface area contributed by atoms with Gasteiger partial charge in [-0.25, -0.2) is 0 Å². The third kappa shape index (κ3) is 6.74. The van der Waals surface area contributed by atoms with E-state index in [1.165, 1.54) is 0 Å². The first kappa shape index (κ1) is 22.7. The van der Waals surface area contributed by atoms with Gasteiger partial charge in [0.05, 0.1) is 13.7 Å². The fourth-order valence-electron chi connectivity index (χ4n) is 3.82. The van der Waals surface area contributed by atoms with Gasteiger partial charge in [0.25, 0.3) is 5.91 Å². The van der Waals surface area contributed by atoms with Gasteiger partial charge in [-0.15, -0.1) is 0 Å². The van der Waals surface area contributed by atoms with Crippen LogP contribution in [0.5, 0.6) is 11.5 Å². The van der Waals surface area contributed by atoms with Gasteiger partial charge in [0.2, 0.25) is 5.91 Å². The first-order valence-electron chi connectivity index (χ1n) is 11.0. The van der Waals surface area contributed by atoms with E-state index in [1.54, 1.807) is 7.11 Å². The molecule has 1 fully saturated rings. The zero-order valence-corrected chi connectivity index (χ0v) is 18.4. The number of para-hydroxylation sites is 2. The molecule has 2 amide bonds. The molecule has 1 saturated heterocycles. The molecule has 0 saturated carbocycles. The number of piperidine rings is 1. The molecule has 1 aliphatic rings. The van der Waals surface area contributed by atoms with Gasteiger partial charge in [-0.05, 0) is 56.4 Å². The van der Waals surface area contributed by atoms with Crippen LogP contribution in [0.25, 0.3) is 0 Å². The maximum absolute atomic E-state index is 12.6. The van der Waals surface area contributed by atoms with E-state index in [9.17, 15) is 9.59 Å². The van der Waals surface area contributed by atoms with Gasteiger partial charge in [0.15, 0.2) is 11.5 Å². The van der Waals surface area contributed by atoms with Crippen molar-refractivity contribution in [2.75, 3.05) is 33.4 Å². The average molecular weight is 425 g/mol. The summed E-state index contributed by atoms with van der Waals surface area (Å²) in [4.78, 5) is 26.7. The SMILES string of the molecule is COc1ccccc1OCCNC(=O)CCC1CCN(C(=O)c2ccc(C)cc2)CC1. The minimum atomic E-state index is 0.0433. The number of amides is 2. The smallest absolute Gasteiger partial charge is 0.253 e. The third-order valence-corrected chi connectivity index (χ3v) is 5.73. The lowest BCUT2D eigenvalue weighted by Crippen LogP contribution is -2.38. The Balaban J connectivity index is 1.31. The van der Waals surface area contributed by atoms with Gasteiger partial charge < -0.3 is 19.7 Å². The van der Waals surface area contributed by atoms with Crippen molar-refractivity contribution in [1.29, 1.82) is 0 Å². The van der Waals surface area contributed by atoms with Crippen LogP contribution in [0, 0.1) is 12.8 Å². The molecule has 0 radical (unpaired) electrons. The van der Waals surface area contributed by atoms with Crippen molar-refractivity contribution in [3.05, 3.63) is 59.7 Å². The Morgan fingerprint density at radius 3 is 2.39 bits per heavy atom. The van der Waals surface area contributed by atoms with Crippen LogP contribution < -0.4 is 14.8 Å². The molecule has 0 unspecified atom stereocenters. The summed E-state index contributed by atoms with van der Waals surface area (Å²) in [6, 6.07) is 15.2. The Hall–Kier alpha value is -3.02. The number of hydrogen-bond donors (Lipinski definition) is 1. The molecule has 2 aromatic rings. The van der Waals surface area contributed by atoms with E-state index < -0.39 is 0 Å². The molecular formula is C25H32N2O4. The van der Waals surface area contributed by atoms with Crippen LogP contribution in [-0.2, 0) is 4.79 Å². The molecular weight excluding hydrogens is 392 g/mol. The molecule has 1 heterocycles. The Morgan fingerprint density at radius 2 is 1.71 bits per heavy atom. The van der Waals surface area contributed by atoms with Crippen LogP contribution in [-0.4, -0.2) is 50.1 Å². The first-order chi connectivity index (χ1) is 15.1. The highest BCUT2D eigenvalue weighted by atomic mass is 16.5. The number of hydrogen-bond acceptors (Lipinski definition) is 4. The number of rotatable bonds is 9. The van der Waals surface area contributed by atoms with Crippen molar-refractivity contribution in [1.82, 2.24) is 10.2 Å². The number of ether oxygens (including phenoxy) is 2. The Kier molecular flexibility index (Phi) is 8.33. The summed E-state index contributed by atoms with van der Waals surface area (Å²) in [5, 5.41) is 2.91. The lowest BCUT2D eigenvalue weighted by Gasteiger charge is -2.32. The third-order valence-electron chi connectivity index (χ3n) is 5.73. The summed E-state index contributed by atoms with van der Waals surface area (Å²) in [5.41, 5.74) is 1.90. The van der Waals surface area contributed by atoms with Crippen molar-refractivity contribution in [2.45, 2.75) is 32.6 Å². The summed E-state index contributed by atoms with van der Waals surface area (Å²) >= 11 is 0. The van der Waals surface area contributed by atoms with E-state index in [-0.39, 0.29) is 11.8 Å². The summed E-state index contributed by atoms with van der Waals surface area (Å²) in [7, 11) is 1.60. The van der Waals surface area contributed by atoms with Gasteiger partial charge in [-0.3, -0.25) is 9.59 Å². The fourth-order valence-corrected chi connectivity index (χ4v) is 3.82. The lowest BCUT2D eigenvalue weighted by atomic mass is 9.91. The summed E-state index contributed by atoms with van der Waals surface area (Å²) in [5.74, 6) is 1.98. The average Bonchev–Trinajstić information content (AvgIpc) is 2.81. The highest BCUT2D eigenvalue weighted by Crippen LogP contribution is 2.25. The van der Waals surface area contributed by atoms with Crippen molar-refractivity contribution in [3.8, 4) is 11.5 Å². The molecule has 0 atom stereocenters. The normalized spacial score (nSPS) is 14.2. The van der Waals surface area contributed by atoms with Crippen LogP contribution in [0.1, 0.15) is 41.6 Å². The Labute approximate surface area is 184 Å². The van der Waals surface area contributed by atoms with E-state index in [2.05, 4.69) is 5.32 Å². The maximum atomic E-state index is 12.6.